The van der Waals surface area contributed by atoms with Crippen molar-refractivity contribution in [2.45, 2.75) is 18.5 Å². The van der Waals surface area contributed by atoms with Crippen LogP contribution < -0.4 is 0 Å². The van der Waals surface area contributed by atoms with E-state index in [1.165, 1.54) is 0 Å². The van der Waals surface area contributed by atoms with Gasteiger partial charge in [-0.05, 0) is 19.1 Å². The minimum Gasteiger partial charge on any atom is -0.262 e. The average Bonchev–Trinajstić information content (AvgIpc) is 2.37. The molecule has 0 atom stereocenters. The number of nitrogens with zero attached hydrogens (tertiary/aromatic N) is 2. The molecule has 1 aromatic rings. The van der Waals surface area contributed by atoms with Gasteiger partial charge in [0.1, 0.15) is 5.82 Å². The first-order valence-corrected chi connectivity index (χ1v) is 5.07. The van der Waals surface area contributed by atoms with Gasteiger partial charge in [-0.2, -0.15) is 12.6 Å². The van der Waals surface area contributed by atoms with Gasteiger partial charge < -0.3 is 0 Å². The third-order valence-corrected chi connectivity index (χ3v) is 2.36. The maximum Gasteiger partial charge on any atom is 0.208 e. The molecule has 0 bridgehead atoms. The molecular weight excluding hydrogens is 178 g/mol. The Morgan fingerprint density at radius 2 is 2.45 bits per heavy atom. The average molecular weight is 189 g/mol. The van der Waals surface area contributed by atoms with E-state index in [1.54, 1.807) is 11.8 Å². The van der Waals surface area contributed by atoms with E-state index in [0.717, 1.165) is 28.9 Å². The van der Waals surface area contributed by atoms with Gasteiger partial charge in [-0.25, -0.2) is 4.98 Å². The van der Waals surface area contributed by atoms with E-state index >= 15 is 0 Å². The van der Waals surface area contributed by atoms with E-state index in [-0.39, 0.29) is 0 Å². The lowest BCUT2D eigenvalue weighted by atomic mass is 10.6. The summed E-state index contributed by atoms with van der Waals surface area (Å²) in [4.78, 5) is 4.15. The molecule has 1 rings (SSSR count). The van der Waals surface area contributed by atoms with Crippen LogP contribution in [0.5, 0.6) is 0 Å². The molecule has 0 amide bonds. The fourth-order valence-electron chi connectivity index (χ4n) is 0.615. The maximum atomic E-state index is 4.15. The Morgan fingerprint density at radius 3 is 3.00 bits per heavy atom. The minimum atomic E-state index is 0.837. The van der Waals surface area contributed by atoms with Crippen molar-refractivity contribution < 1.29 is 0 Å². The summed E-state index contributed by atoms with van der Waals surface area (Å²) >= 11 is 5.77. The summed E-state index contributed by atoms with van der Waals surface area (Å²) in [5.41, 5.74) is 0. The maximum absolute atomic E-state index is 4.15. The first-order chi connectivity index (χ1) is 5.33. The zero-order valence-electron chi connectivity index (χ0n) is 6.37. The van der Waals surface area contributed by atoms with Crippen LogP contribution in [0.25, 0.3) is 0 Å². The monoisotopic (exact) mass is 189 g/mol. The first kappa shape index (κ1) is 8.93. The number of thioether (sulfide) groups is 1. The molecule has 0 aliphatic heterocycles. The number of hydrogen-bond donors (Lipinski definition) is 2. The van der Waals surface area contributed by atoms with Crippen LogP contribution in [0.15, 0.2) is 5.16 Å². The van der Waals surface area contributed by atoms with E-state index in [0.29, 0.717) is 0 Å². The highest BCUT2D eigenvalue weighted by atomic mass is 32.2. The van der Waals surface area contributed by atoms with Crippen molar-refractivity contribution in [2.75, 3.05) is 11.5 Å². The second-order valence-electron chi connectivity index (χ2n) is 2.13. The van der Waals surface area contributed by atoms with E-state index in [1.807, 2.05) is 6.92 Å². The van der Waals surface area contributed by atoms with Gasteiger partial charge in [0.2, 0.25) is 5.16 Å². The van der Waals surface area contributed by atoms with Crippen molar-refractivity contribution in [3.63, 3.8) is 0 Å². The second kappa shape index (κ2) is 4.66. The Hall–Kier alpha value is -0.160. The molecule has 3 nitrogen and oxygen atoms in total. The molecule has 5 heteroatoms. The Kier molecular flexibility index (Phi) is 3.79. The largest absolute Gasteiger partial charge is 0.262 e. The van der Waals surface area contributed by atoms with Crippen molar-refractivity contribution in [1.29, 1.82) is 0 Å². The van der Waals surface area contributed by atoms with Crippen molar-refractivity contribution in [3.8, 4) is 0 Å². The highest BCUT2D eigenvalue weighted by molar-refractivity contribution is 7.99. The lowest BCUT2D eigenvalue weighted by Crippen LogP contribution is -1.82. The van der Waals surface area contributed by atoms with Gasteiger partial charge in [0.05, 0.1) is 0 Å². The van der Waals surface area contributed by atoms with E-state index in [4.69, 9.17) is 0 Å². The van der Waals surface area contributed by atoms with E-state index in [9.17, 15) is 0 Å². The highest BCUT2D eigenvalue weighted by Gasteiger charge is 1.98. The molecule has 1 N–H and O–H groups in total. The Morgan fingerprint density at radius 1 is 1.64 bits per heavy atom. The Labute approximate surface area is 75.8 Å². The van der Waals surface area contributed by atoms with Crippen molar-refractivity contribution in [1.82, 2.24) is 15.2 Å². The Bertz CT molecular complexity index is 211. The number of H-pyrrole nitrogens is 1. The zero-order chi connectivity index (χ0) is 8.10. The van der Waals surface area contributed by atoms with Crippen LogP contribution in [-0.4, -0.2) is 26.7 Å². The van der Waals surface area contributed by atoms with Gasteiger partial charge in [-0.1, -0.05) is 11.8 Å². The second-order valence-corrected chi connectivity index (χ2v) is 3.64. The topological polar surface area (TPSA) is 41.6 Å². The van der Waals surface area contributed by atoms with Crippen LogP contribution in [0.1, 0.15) is 12.2 Å². The van der Waals surface area contributed by atoms with Crippen LogP contribution in [0.4, 0.5) is 0 Å². The molecule has 0 spiro atoms. The number of aromatic nitrogens is 3. The first-order valence-electron chi connectivity index (χ1n) is 3.45. The van der Waals surface area contributed by atoms with Gasteiger partial charge in [0, 0.05) is 5.75 Å². The van der Waals surface area contributed by atoms with Crippen LogP contribution >= 0.6 is 24.4 Å². The van der Waals surface area contributed by atoms with Crippen LogP contribution in [-0.2, 0) is 0 Å². The molecule has 62 valence electrons. The van der Waals surface area contributed by atoms with Gasteiger partial charge in [-0.15, -0.1) is 5.10 Å². The number of aryl methyl sites for hydroxylation is 1. The quantitative estimate of drug-likeness (QED) is 0.429. The van der Waals surface area contributed by atoms with Gasteiger partial charge in [0.15, 0.2) is 0 Å². The third kappa shape index (κ3) is 3.16. The number of thiol groups is 1. The summed E-state index contributed by atoms with van der Waals surface area (Å²) < 4.78 is 0. The third-order valence-electron chi connectivity index (χ3n) is 1.11. The van der Waals surface area contributed by atoms with E-state index < -0.39 is 0 Å². The summed E-state index contributed by atoms with van der Waals surface area (Å²) in [6.07, 6.45) is 1.10. The molecule has 1 aromatic heterocycles. The summed E-state index contributed by atoms with van der Waals surface area (Å²) in [6, 6.07) is 0. The zero-order valence-corrected chi connectivity index (χ0v) is 8.08. The summed E-state index contributed by atoms with van der Waals surface area (Å²) in [6.45, 7) is 1.90. The molecule has 0 saturated carbocycles. The Balaban J connectivity index is 2.27. The van der Waals surface area contributed by atoms with Crippen molar-refractivity contribution in [3.05, 3.63) is 5.82 Å². The molecule has 1 heterocycles. The number of aromatic amines is 1. The molecular formula is C6H11N3S2. The SMILES string of the molecule is Cc1nc(SCCCS)n[nH]1. The smallest absolute Gasteiger partial charge is 0.208 e. The molecule has 0 aromatic carbocycles. The summed E-state index contributed by atoms with van der Waals surface area (Å²) in [5.74, 6) is 2.84. The number of nitrogens with one attached hydrogen (secondary N) is 1. The molecule has 0 unspecified atom stereocenters. The van der Waals surface area contributed by atoms with Gasteiger partial charge >= 0.3 is 0 Å². The van der Waals surface area contributed by atoms with Crippen LogP contribution in [0.2, 0.25) is 0 Å². The summed E-state index contributed by atoms with van der Waals surface area (Å²) in [5, 5.41) is 7.62. The molecule has 11 heavy (non-hydrogen) atoms. The van der Waals surface area contributed by atoms with Crippen LogP contribution in [0.3, 0.4) is 0 Å². The molecule has 0 radical (unpaired) electrons. The number of rotatable bonds is 4. The van der Waals surface area contributed by atoms with Crippen molar-refractivity contribution in [2.24, 2.45) is 0 Å². The fourth-order valence-corrected chi connectivity index (χ4v) is 1.77. The lowest BCUT2D eigenvalue weighted by molar-refractivity contribution is 0.966. The van der Waals surface area contributed by atoms with E-state index in [2.05, 4.69) is 27.8 Å². The predicted molar refractivity (Wildman–Crippen MR) is 50.3 cm³/mol. The molecule has 0 aliphatic rings. The predicted octanol–water partition coefficient (Wildman–Crippen LogP) is 1.53. The number of hydrogen-bond acceptors (Lipinski definition) is 4. The van der Waals surface area contributed by atoms with Crippen LogP contribution in [0, 0.1) is 6.92 Å². The fraction of sp³-hybridized carbons (Fsp3) is 0.667. The summed E-state index contributed by atoms with van der Waals surface area (Å²) in [7, 11) is 0. The minimum absolute atomic E-state index is 0.837. The van der Waals surface area contributed by atoms with Gasteiger partial charge in [0.25, 0.3) is 0 Å². The van der Waals surface area contributed by atoms with Crippen molar-refractivity contribution >= 4 is 24.4 Å². The highest BCUT2D eigenvalue weighted by Crippen LogP contribution is 2.12. The standard InChI is InChI=1S/C6H11N3S2/c1-5-7-6(9-8-5)11-4-2-3-10/h10H,2-4H2,1H3,(H,7,8,9). The molecule has 0 aliphatic carbocycles. The lowest BCUT2D eigenvalue weighted by Gasteiger charge is -1.91. The van der Waals surface area contributed by atoms with Gasteiger partial charge in [-0.3, -0.25) is 5.10 Å². The molecule has 0 saturated heterocycles. The molecule has 0 fully saturated rings. The normalized spacial score (nSPS) is 10.4.